The molecule has 0 bridgehead atoms. The van der Waals surface area contributed by atoms with Crippen LogP contribution in [0.3, 0.4) is 0 Å². The molecule has 0 saturated heterocycles. The van der Waals surface area contributed by atoms with Gasteiger partial charge in [0.05, 0.1) is 5.69 Å². The van der Waals surface area contributed by atoms with Crippen molar-refractivity contribution in [3.63, 3.8) is 0 Å². The monoisotopic (exact) mass is 339 g/mol. The third-order valence-corrected chi connectivity index (χ3v) is 3.69. The lowest BCUT2D eigenvalue weighted by Gasteiger charge is -2.19. The minimum absolute atomic E-state index is 0.0445. The minimum Gasteiger partial charge on any atom is -0.480 e. The Morgan fingerprint density at radius 3 is 2.75 bits per heavy atom. The first-order valence-corrected chi connectivity index (χ1v) is 7.27. The predicted octanol–water partition coefficient (Wildman–Crippen LogP) is 1.72. The molecule has 0 aliphatic heterocycles. The van der Waals surface area contributed by atoms with Gasteiger partial charge < -0.3 is 25.4 Å². The second-order valence-corrected chi connectivity index (χ2v) is 5.36. The lowest BCUT2D eigenvalue weighted by molar-refractivity contribution is -0.137. The number of anilines is 1. The summed E-state index contributed by atoms with van der Waals surface area (Å²) < 4.78 is 19.7. The highest BCUT2D eigenvalue weighted by atomic mass is 19.1. The van der Waals surface area contributed by atoms with Crippen molar-refractivity contribution in [2.45, 2.75) is 18.9 Å². The van der Waals surface area contributed by atoms with Crippen LogP contribution in [-0.4, -0.2) is 48.7 Å². The van der Waals surface area contributed by atoms with E-state index in [1.54, 1.807) is 6.07 Å². The van der Waals surface area contributed by atoms with Crippen LogP contribution < -0.4 is 10.6 Å². The molecule has 1 aromatic rings. The fraction of sp³-hybridized carbons (Fsp3) is 0.400. The molecule has 2 rings (SSSR count). The molecule has 24 heavy (non-hydrogen) atoms. The van der Waals surface area contributed by atoms with Gasteiger partial charge in [0.15, 0.2) is 0 Å². The van der Waals surface area contributed by atoms with Crippen molar-refractivity contribution >= 4 is 23.8 Å². The number of hydrogen-bond acceptors (Lipinski definition) is 4. The molecule has 0 unspecified atom stereocenters. The molecular weight excluding hydrogens is 321 g/mol. The molecule has 9 heteroatoms. The van der Waals surface area contributed by atoms with E-state index in [1.807, 2.05) is 0 Å². The highest BCUT2D eigenvalue weighted by Crippen LogP contribution is 2.38. The van der Waals surface area contributed by atoms with Gasteiger partial charge in [0, 0.05) is 14.1 Å². The number of urea groups is 1. The second-order valence-electron chi connectivity index (χ2n) is 5.36. The van der Waals surface area contributed by atoms with Gasteiger partial charge in [-0.15, -0.1) is 0 Å². The van der Waals surface area contributed by atoms with Crippen LogP contribution in [0.1, 0.15) is 23.7 Å². The summed E-state index contributed by atoms with van der Waals surface area (Å²) in [5.41, 5.74) is 0.942. The Bertz CT molecular complexity index is 679. The number of carboxylic acid groups (broad SMARTS) is 1. The van der Waals surface area contributed by atoms with Crippen molar-refractivity contribution in [2.24, 2.45) is 0 Å². The number of fused-ring (bicyclic) bond motifs is 1. The van der Waals surface area contributed by atoms with Crippen LogP contribution in [0.2, 0.25) is 0 Å². The quantitative estimate of drug-likeness (QED) is 0.774. The first-order valence-electron chi connectivity index (χ1n) is 7.27. The maximum absolute atomic E-state index is 14.4. The number of halogens is 1. The number of ether oxygens (including phenoxy) is 1. The van der Waals surface area contributed by atoms with Crippen LogP contribution >= 0.6 is 0 Å². The van der Waals surface area contributed by atoms with Crippen LogP contribution in [0, 0.1) is 5.82 Å². The third kappa shape index (κ3) is 3.73. The second kappa shape index (κ2) is 7.16. The number of carbonyl (C=O) groups is 3. The van der Waals surface area contributed by atoms with E-state index in [1.165, 1.54) is 20.2 Å². The van der Waals surface area contributed by atoms with Gasteiger partial charge in [0.1, 0.15) is 18.5 Å². The van der Waals surface area contributed by atoms with Gasteiger partial charge in [-0.1, -0.05) is 6.07 Å². The Morgan fingerprint density at radius 1 is 1.42 bits per heavy atom. The summed E-state index contributed by atoms with van der Waals surface area (Å²) in [4.78, 5) is 34.7. The summed E-state index contributed by atoms with van der Waals surface area (Å²) in [6, 6.07) is 2.45. The van der Waals surface area contributed by atoms with Gasteiger partial charge >= 0.3 is 18.1 Å². The summed E-state index contributed by atoms with van der Waals surface area (Å²) in [6.45, 7) is -0.484. The van der Waals surface area contributed by atoms with E-state index in [4.69, 9.17) is 9.84 Å². The first kappa shape index (κ1) is 17.5. The summed E-state index contributed by atoms with van der Waals surface area (Å²) in [7, 11) is 2.73. The normalized spacial score (nSPS) is 15.4. The summed E-state index contributed by atoms with van der Waals surface area (Å²) >= 11 is 0. The van der Waals surface area contributed by atoms with Crippen LogP contribution in [0.25, 0.3) is 0 Å². The van der Waals surface area contributed by atoms with E-state index in [9.17, 15) is 18.8 Å². The molecule has 3 N–H and O–H groups in total. The van der Waals surface area contributed by atoms with E-state index >= 15 is 0 Å². The zero-order valence-corrected chi connectivity index (χ0v) is 13.3. The molecule has 0 saturated carbocycles. The van der Waals surface area contributed by atoms with Crippen LogP contribution in [-0.2, 0) is 16.0 Å². The molecule has 1 atom stereocenters. The zero-order chi connectivity index (χ0) is 17.9. The number of likely N-dealkylation sites (N-methyl/N-ethyl adjacent to an activating group) is 1. The van der Waals surface area contributed by atoms with Gasteiger partial charge in [0.25, 0.3) is 0 Å². The van der Waals surface area contributed by atoms with Crippen molar-refractivity contribution in [2.75, 3.05) is 26.0 Å². The van der Waals surface area contributed by atoms with E-state index < -0.39 is 36.6 Å². The summed E-state index contributed by atoms with van der Waals surface area (Å²) in [5.74, 6) is -1.72. The number of nitrogens with zero attached hydrogens (tertiary/aromatic N) is 1. The number of hydrogen-bond donors (Lipinski definition) is 3. The van der Waals surface area contributed by atoms with Crippen molar-refractivity contribution < 1.29 is 28.6 Å². The Kier molecular flexibility index (Phi) is 5.22. The summed E-state index contributed by atoms with van der Waals surface area (Å²) in [5, 5.41) is 13.4. The lowest BCUT2D eigenvalue weighted by Crippen LogP contribution is -2.33. The number of carbonyl (C=O) groups excluding carboxylic acids is 2. The van der Waals surface area contributed by atoms with E-state index in [0.717, 1.165) is 4.90 Å². The number of nitrogens with one attached hydrogen (secondary N) is 2. The molecule has 0 aromatic heterocycles. The molecule has 1 aliphatic rings. The van der Waals surface area contributed by atoms with Crippen molar-refractivity contribution in [1.82, 2.24) is 10.2 Å². The lowest BCUT2D eigenvalue weighted by atomic mass is 10.1. The SMILES string of the molecule is CNC(=O)Nc1ccc2c(c1F)CC[C@@H]2OC(=O)N(C)CC(=O)O. The molecule has 0 spiro atoms. The number of amides is 3. The Hall–Kier alpha value is -2.84. The first-order chi connectivity index (χ1) is 11.3. The Labute approximate surface area is 137 Å². The van der Waals surface area contributed by atoms with Gasteiger partial charge in [0.2, 0.25) is 0 Å². The van der Waals surface area contributed by atoms with Gasteiger partial charge in [-0.05, 0) is 30.0 Å². The third-order valence-electron chi connectivity index (χ3n) is 3.69. The predicted molar refractivity (Wildman–Crippen MR) is 82.3 cm³/mol. The Balaban J connectivity index is 2.12. The molecule has 130 valence electrons. The van der Waals surface area contributed by atoms with Gasteiger partial charge in [-0.2, -0.15) is 0 Å². The van der Waals surface area contributed by atoms with Crippen LogP contribution in [0.5, 0.6) is 0 Å². The molecule has 1 aromatic carbocycles. The minimum atomic E-state index is -1.16. The molecule has 1 aliphatic carbocycles. The van der Waals surface area contributed by atoms with Crippen LogP contribution in [0.15, 0.2) is 12.1 Å². The Morgan fingerprint density at radius 2 is 2.12 bits per heavy atom. The van der Waals surface area contributed by atoms with Crippen molar-refractivity contribution in [3.05, 3.63) is 29.1 Å². The smallest absolute Gasteiger partial charge is 0.410 e. The topological polar surface area (TPSA) is 108 Å². The number of benzene rings is 1. The maximum atomic E-state index is 14.4. The number of aliphatic carboxylic acids is 1. The van der Waals surface area contributed by atoms with Gasteiger partial charge in [-0.25, -0.2) is 14.0 Å². The average molecular weight is 339 g/mol. The summed E-state index contributed by atoms with van der Waals surface area (Å²) in [6.07, 6.45) is -0.691. The molecular formula is C15H18FN3O5. The van der Waals surface area contributed by atoms with Crippen molar-refractivity contribution in [3.8, 4) is 0 Å². The fourth-order valence-electron chi connectivity index (χ4n) is 2.51. The van der Waals surface area contributed by atoms with Gasteiger partial charge in [-0.3, -0.25) is 4.79 Å². The zero-order valence-electron chi connectivity index (χ0n) is 13.3. The highest BCUT2D eigenvalue weighted by molar-refractivity contribution is 5.89. The highest BCUT2D eigenvalue weighted by Gasteiger charge is 2.30. The molecule has 3 amide bonds. The van der Waals surface area contributed by atoms with E-state index in [0.29, 0.717) is 24.0 Å². The van der Waals surface area contributed by atoms with Crippen LogP contribution in [0.4, 0.5) is 19.7 Å². The average Bonchev–Trinajstić information content (AvgIpc) is 2.92. The largest absolute Gasteiger partial charge is 0.480 e. The fourth-order valence-corrected chi connectivity index (χ4v) is 2.51. The number of carboxylic acids is 1. The standard InChI is InChI=1S/C15H18FN3O5/c1-17-14(22)18-10-5-3-8-9(13(10)16)4-6-11(8)24-15(23)19(2)7-12(20)21/h3,5,11H,4,6-7H2,1-2H3,(H,20,21)(H2,17,18,22)/t11-/m0/s1. The molecule has 0 radical (unpaired) electrons. The molecule has 0 heterocycles. The maximum Gasteiger partial charge on any atom is 0.410 e. The molecule has 0 fully saturated rings. The van der Waals surface area contributed by atoms with E-state index in [-0.39, 0.29) is 5.69 Å². The van der Waals surface area contributed by atoms with Crippen molar-refractivity contribution in [1.29, 1.82) is 0 Å². The van der Waals surface area contributed by atoms with E-state index in [2.05, 4.69) is 10.6 Å². The number of rotatable bonds is 4. The molecule has 8 nitrogen and oxygen atoms in total.